The first-order chi connectivity index (χ1) is 8.25. The number of hydrogen-bond acceptors (Lipinski definition) is 2. The SMILES string of the molecule is Cc1nccn1CCNCc1cccc(Cl)c1. The van der Waals surface area contributed by atoms with Crippen LogP contribution in [-0.2, 0) is 13.1 Å². The molecule has 2 rings (SSSR count). The molecule has 0 saturated heterocycles. The molecule has 1 aromatic carbocycles. The summed E-state index contributed by atoms with van der Waals surface area (Å²) in [5.74, 6) is 1.05. The number of aromatic nitrogens is 2. The van der Waals surface area contributed by atoms with Crippen molar-refractivity contribution in [1.29, 1.82) is 0 Å². The van der Waals surface area contributed by atoms with Crippen molar-refractivity contribution in [3.63, 3.8) is 0 Å². The standard InChI is InChI=1S/C13H16ClN3/c1-11-16-6-8-17(11)7-5-15-10-12-3-2-4-13(14)9-12/h2-4,6,8-9,15H,5,7,10H2,1H3. The zero-order valence-corrected chi connectivity index (χ0v) is 10.6. The van der Waals surface area contributed by atoms with Crippen LogP contribution >= 0.6 is 11.6 Å². The Morgan fingerprint density at radius 1 is 1.41 bits per heavy atom. The van der Waals surface area contributed by atoms with Crippen molar-refractivity contribution in [2.45, 2.75) is 20.0 Å². The quantitative estimate of drug-likeness (QED) is 0.826. The van der Waals surface area contributed by atoms with Crippen LogP contribution in [0.1, 0.15) is 11.4 Å². The van der Waals surface area contributed by atoms with E-state index in [0.717, 1.165) is 30.5 Å². The van der Waals surface area contributed by atoms with E-state index in [9.17, 15) is 0 Å². The molecule has 1 aromatic heterocycles. The Hall–Kier alpha value is -1.32. The number of nitrogens with zero attached hydrogens (tertiary/aromatic N) is 2. The summed E-state index contributed by atoms with van der Waals surface area (Å²) in [6, 6.07) is 7.91. The Labute approximate surface area is 106 Å². The van der Waals surface area contributed by atoms with Crippen LogP contribution in [0.15, 0.2) is 36.7 Å². The Morgan fingerprint density at radius 3 is 3.00 bits per heavy atom. The van der Waals surface area contributed by atoms with Crippen LogP contribution in [0.3, 0.4) is 0 Å². The highest BCUT2D eigenvalue weighted by Crippen LogP contribution is 2.10. The molecule has 3 nitrogen and oxygen atoms in total. The minimum atomic E-state index is 0.787. The van der Waals surface area contributed by atoms with E-state index in [1.807, 2.05) is 37.5 Å². The van der Waals surface area contributed by atoms with Gasteiger partial charge in [0.05, 0.1) is 0 Å². The molecule has 4 heteroatoms. The Bertz CT molecular complexity index is 479. The number of rotatable bonds is 5. The molecule has 0 bridgehead atoms. The number of benzene rings is 1. The highest BCUT2D eigenvalue weighted by atomic mass is 35.5. The second kappa shape index (κ2) is 5.84. The second-order valence-electron chi connectivity index (χ2n) is 3.97. The van der Waals surface area contributed by atoms with Crippen molar-refractivity contribution in [2.24, 2.45) is 0 Å². The van der Waals surface area contributed by atoms with Crippen LogP contribution in [0.4, 0.5) is 0 Å². The van der Waals surface area contributed by atoms with Crippen molar-refractivity contribution in [3.05, 3.63) is 53.1 Å². The van der Waals surface area contributed by atoms with E-state index in [2.05, 4.69) is 20.9 Å². The topological polar surface area (TPSA) is 29.9 Å². The first-order valence-corrected chi connectivity index (χ1v) is 6.06. The molecule has 1 heterocycles. The van der Waals surface area contributed by atoms with Crippen LogP contribution in [0.2, 0.25) is 5.02 Å². The van der Waals surface area contributed by atoms with Gasteiger partial charge in [0.15, 0.2) is 0 Å². The highest BCUT2D eigenvalue weighted by molar-refractivity contribution is 6.30. The van der Waals surface area contributed by atoms with E-state index in [1.165, 1.54) is 5.56 Å². The first kappa shape index (κ1) is 12.1. The van der Waals surface area contributed by atoms with Gasteiger partial charge >= 0.3 is 0 Å². The minimum Gasteiger partial charge on any atom is -0.334 e. The molecular formula is C13H16ClN3. The third kappa shape index (κ3) is 3.58. The van der Waals surface area contributed by atoms with E-state index in [0.29, 0.717) is 0 Å². The van der Waals surface area contributed by atoms with Crippen molar-refractivity contribution in [3.8, 4) is 0 Å². The third-order valence-corrected chi connectivity index (χ3v) is 2.91. The number of halogens is 1. The zero-order valence-electron chi connectivity index (χ0n) is 9.86. The molecule has 2 aromatic rings. The Balaban J connectivity index is 1.75. The highest BCUT2D eigenvalue weighted by Gasteiger charge is 1.97. The molecule has 0 atom stereocenters. The Kier molecular flexibility index (Phi) is 4.18. The summed E-state index contributed by atoms with van der Waals surface area (Å²) in [5, 5.41) is 4.17. The van der Waals surface area contributed by atoms with Gasteiger partial charge in [0.25, 0.3) is 0 Å². The summed E-state index contributed by atoms with van der Waals surface area (Å²) in [5.41, 5.74) is 1.21. The zero-order chi connectivity index (χ0) is 12.1. The predicted octanol–water partition coefficient (Wildman–Crippen LogP) is 2.63. The van der Waals surface area contributed by atoms with Crippen molar-refractivity contribution in [1.82, 2.24) is 14.9 Å². The van der Waals surface area contributed by atoms with Gasteiger partial charge < -0.3 is 9.88 Å². The van der Waals surface area contributed by atoms with Gasteiger partial charge in [-0.15, -0.1) is 0 Å². The smallest absolute Gasteiger partial charge is 0.105 e. The fourth-order valence-electron chi connectivity index (χ4n) is 1.72. The largest absolute Gasteiger partial charge is 0.334 e. The molecule has 0 unspecified atom stereocenters. The maximum Gasteiger partial charge on any atom is 0.105 e. The molecule has 0 fully saturated rings. The molecule has 17 heavy (non-hydrogen) atoms. The van der Waals surface area contributed by atoms with Gasteiger partial charge in [0, 0.05) is 37.1 Å². The van der Waals surface area contributed by atoms with Crippen molar-refractivity contribution < 1.29 is 0 Å². The van der Waals surface area contributed by atoms with E-state index in [4.69, 9.17) is 11.6 Å². The molecule has 0 saturated carbocycles. The number of nitrogens with one attached hydrogen (secondary N) is 1. The molecule has 0 spiro atoms. The molecule has 90 valence electrons. The van der Waals surface area contributed by atoms with Crippen molar-refractivity contribution >= 4 is 11.6 Å². The maximum absolute atomic E-state index is 5.92. The summed E-state index contributed by atoms with van der Waals surface area (Å²) >= 11 is 5.92. The van der Waals surface area contributed by atoms with Gasteiger partial charge in [0.2, 0.25) is 0 Å². The lowest BCUT2D eigenvalue weighted by Gasteiger charge is -2.07. The van der Waals surface area contributed by atoms with E-state index in [1.54, 1.807) is 0 Å². The van der Waals surface area contributed by atoms with Crippen LogP contribution < -0.4 is 5.32 Å². The summed E-state index contributed by atoms with van der Waals surface area (Å²) < 4.78 is 2.13. The second-order valence-corrected chi connectivity index (χ2v) is 4.41. The Morgan fingerprint density at radius 2 is 2.29 bits per heavy atom. The number of hydrogen-bond donors (Lipinski definition) is 1. The van der Waals surface area contributed by atoms with Crippen molar-refractivity contribution in [2.75, 3.05) is 6.54 Å². The summed E-state index contributed by atoms with van der Waals surface area (Å²) in [6.07, 6.45) is 3.82. The van der Waals surface area contributed by atoms with Crippen LogP contribution in [0.5, 0.6) is 0 Å². The molecular weight excluding hydrogens is 234 g/mol. The van der Waals surface area contributed by atoms with E-state index < -0.39 is 0 Å². The molecule has 0 aliphatic carbocycles. The average molecular weight is 250 g/mol. The lowest BCUT2D eigenvalue weighted by atomic mass is 10.2. The summed E-state index contributed by atoms with van der Waals surface area (Å²) in [7, 11) is 0. The van der Waals surface area contributed by atoms with Gasteiger partial charge in [-0.1, -0.05) is 23.7 Å². The fraction of sp³-hybridized carbons (Fsp3) is 0.308. The van der Waals surface area contributed by atoms with Gasteiger partial charge in [-0.25, -0.2) is 4.98 Å². The number of aryl methyl sites for hydroxylation is 1. The predicted molar refractivity (Wildman–Crippen MR) is 70.1 cm³/mol. The lowest BCUT2D eigenvalue weighted by molar-refractivity contribution is 0.587. The average Bonchev–Trinajstić information content (AvgIpc) is 2.71. The maximum atomic E-state index is 5.92. The number of imidazole rings is 1. The summed E-state index contributed by atoms with van der Waals surface area (Å²) in [4.78, 5) is 4.18. The lowest BCUT2D eigenvalue weighted by Crippen LogP contribution is -2.19. The van der Waals surface area contributed by atoms with E-state index >= 15 is 0 Å². The third-order valence-electron chi connectivity index (χ3n) is 2.67. The minimum absolute atomic E-state index is 0.787. The van der Waals surface area contributed by atoms with Crippen LogP contribution in [0.25, 0.3) is 0 Å². The van der Waals surface area contributed by atoms with Gasteiger partial charge in [-0.05, 0) is 24.6 Å². The fourth-order valence-corrected chi connectivity index (χ4v) is 1.93. The molecule has 0 aliphatic heterocycles. The van der Waals surface area contributed by atoms with Gasteiger partial charge in [-0.3, -0.25) is 0 Å². The summed E-state index contributed by atoms with van der Waals surface area (Å²) in [6.45, 7) is 4.71. The van der Waals surface area contributed by atoms with Crippen LogP contribution in [0, 0.1) is 6.92 Å². The molecule has 0 aliphatic rings. The van der Waals surface area contributed by atoms with Gasteiger partial charge in [-0.2, -0.15) is 0 Å². The first-order valence-electron chi connectivity index (χ1n) is 5.68. The van der Waals surface area contributed by atoms with E-state index in [-0.39, 0.29) is 0 Å². The molecule has 0 radical (unpaired) electrons. The molecule has 1 N–H and O–H groups in total. The molecule has 0 amide bonds. The van der Waals surface area contributed by atoms with Gasteiger partial charge in [0.1, 0.15) is 5.82 Å². The monoisotopic (exact) mass is 249 g/mol. The normalized spacial score (nSPS) is 10.7. The van der Waals surface area contributed by atoms with Crippen LogP contribution in [-0.4, -0.2) is 16.1 Å².